The minimum absolute atomic E-state index is 0.0594. The minimum atomic E-state index is -0.535. The number of nitro groups is 1. The van der Waals surface area contributed by atoms with Gasteiger partial charge in [-0.3, -0.25) is 10.1 Å². The topological polar surface area (TPSA) is 95.6 Å². The molecule has 0 amide bonds. The molecule has 0 aliphatic carbocycles. The zero-order valence-corrected chi connectivity index (χ0v) is 10.3. The van der Waals surface area contributed by atoms with Gasteiger partial charge in [0.05, 0.1) is 17.6 Å². The Labute approximate surface area is 105 Å². The Morgan fingerprint density at radius 3 is 2.78 bits per heavy atom. The molecular formula is C12H18N2O4. The lowest BCUT2D eigenvalue weighted by Gasteiger charge is -2.12. The zero-order valence-electron chi connectivity index (χ0n) is 10.3. The van der Waals surface area contributed by atoms with Crippen molar-refractivity contribution in [1.82, 2.24) is 0 Å². The Balaban J connectivity index is 2.80. The summed E-state index contributed by atoms with van der Waals surface area (Å²) in [4.78, 5) is 10.3. The van der Waals surface area contributed by atoms with Crippen molar-refractivity contribution >= 4 is 11.4 Å². The van der Waals surface area contributed by atoms with Crippen molar-refractivity contribution in [3.05, 3.63) is 33.9 Å². The molecule has 0 aromatic heterocycles. The fourth-order valence-corrected chi connectivity index (χ4v) is 1.65. The van der Waals surface area contributed by atoms with E-state index in [9.17, 15) is 15.2 Å². The quantitative estimate of drug-likeness (QED) is 0.508. The van der Waals surface area contributed by atoms with Gasteiger partial charge in [-0.1, -0.05) is 13.3 Å². The molecule has 0 bridgehead atoms. The van der Waals surface area contributed by atoms with Crippen LogP contribution in [0.1, 0.15) is 25.3 Å². The van der Waals surface area contributed by atoms with E-state index in [1.807, 2.05) is 6.92 Å². The lowest BCUT2D eigenvalue weighted by molar-refractivity contribution is -0.384. The van der Waals surface area contributed by atoms with Gasteiger partial charge in [0, 0.05) is 12.6 Å². The van der Waals surface area contributed by atoms with E-state index in [4.69, 9.17) is 5.11 Å². The predicted octanol–water partition coefficient (Wildman–Crippen LogP) is 1.66. The van der Waals surface area contributed by atoms with Crippen LogP contribution in [0.5, 0.6) is 0 Å². The van der Waals surface area contributed by atoms with E-state index in [-0.39, 0.29) is 18.8 Å². The predicted molar refractivity (Wildman–Crippen MR) is 68.4 cm³/mol. The SMILES string of the molecule is CCCC(O)CNc1cc(CO)ccc1[N+](=O)[O-]. The lowest BCUT2D eigenvalue weighted by atomic mass is 10.1. The normalized spacial score (nSPS) is 12.2. The van der Waals surface area contributed by atoms with E-state index in [0.29, 0.717) is 17.7 Å². The van der Waals surface area contributed by atoms with Crippen LogP contribution >= 0.6 is 0 Å². The van der Waals surface area contributed by atoms with Crippen LogP contribution in [0.25, 0.3) is 0 Å². The summed E-state index contributed by atoms with van der Waals surface area (Å²) in [5.41, 5.74) is 0.852. The molecule has 1 aromatic rings. The largest absolute Gasteiger partial charge is 0.392 e. The average molecular weight is 254 g/mol. The van der Waals surface area contributed by atoms with Gasteiger partial charge in [0.15, 0.2) is 0 Å². The summed E-state index contributed by atoms with van der Waals surface area (Å²) in [7, 11) is 0. The second-order valence-electron chi connectivity index (χ2n) is 4.09. The van der Waals surface area contributed by atoms with Crippen molar-refractivity contribution in [3.8, 4) is 0 Å². The van der Waals surface area contributed by atoms with E-state index >= 15 is 0 Å². The van der Waals surface area contributed by atoms with Gasteiger partial charge in [-0.25, -0.2) is 0 Å². The molecule has 3 N–H and O–H groups in total. The summed E-state index contributed by atoms with van der Waals surface area (Å²) < 4.78 is 0. The first-order valence-corrected chi connectivity index (χ1v) is 5.88. The Hall–Kier alpha value is -1.66. The fourth-order valence-electron chi connectivity index (χ4n) is 1.65. The van der Waals surface area contributed by atoms with Gasteiger partial charge in [0.1, 0.15) is 5.69 Å². The first-order valence-electron chi connectivity index (χ1n) is 5.88. The van der Waals surface area contributed by atoms with Gasteiger partial charge in [-0.15, -0.1) is 0 Å². The zero-order chi connectivity index (χ0) is 13.5. The Morgan fingerprint density at radius 2 is 2.22 bits per heavy atom. The summed E-state index contributed by atoms with van der Waals surface area (Å²) in [6.45, 7) is 2.03. The molecule has 6 nitrogen and oxygen atoms in total. The van der Waals surface area contributed by atoms with Gasteiger partial charge in [-0.2, -0.15) is 0 Å². The molecule has 0 aliphatic heterocycles. The van der Waals surface area contributed by atoms with Crippen molar-refractivity contribution in [1.29, 1.82) is 0 Å². The van der Waals surface area contributed by atoms with E-state index in [2.05, 4.69) is 5.32 Å². The molecule has 0 spiro atoms. The van der Waals surface area contributed by atoms with E-state index < -0.39 is 11.0 Å². The van der Waals surface area contributed by atoms with Gasteiger partial charge < -0.3 is 15.5 Å². The van der Waals surface area contributed by atoms with Crippen LogP contribution in [0.2, 0.25) is 0 Å². The monoisotopic (exact) mass is 254 g/mol. The molecule has 0 saturated heterocycles. The van der Waals surface area contributed by atoms with E-state index in [0.717, 1.165) is 6.42 Å². The highest BCUT2D eigenvalue weighted by Gasteiger charge is 2.14. The maximum atomic E-state index is 10.8. The first-order chi connectivity index (χ1) is 8.58. The smallest absolute Gasteiger partial charge is 0.292 e. The molecule has 0 saturated carbocycles. The van der Waals surface area contributed by atoms with Crippen molar-refractivity contribution in [3.63, 3.8) is 0 Å². The molecule has 1 aromatic carbocycles. The molecule has 0 radical (unpaired) electrons. The number of benzene rings is 1. The van der Waals surface area contributed by atoms with Gasteiger partial charge >= 0.3 is 0 Å². The van der Waals surface area contributed by atoms with Gasteiger partial charge in [0.25, 0.3) is 5.69 Å². The molecule has 1 atom stereocenters. The summed E-state index contributed by atoms with van der Waals surface area (Å²) in [6, 6.07) is 4.38. The van der Waals surface area contributed by atoms with Crippen molar-refractivity contribution in [2.45, 2.75) is 32.5 Å². The molecule has 0 aliphatic rings. The Morgan fingerprint density at radius 1 is 1.50 bits per heavy atom. The van der Waals surface area contributed by atoms with Crippen molar-refractivity contribution < 1.29 is 15.1 Å². The Kier molecular flexibility index (Phi) is 5.54. The third-order valence-corrected chi connectivity index (χ3v) is 2.59. The highest BCUT2D eigenvalue weighted by atomic mass is 16.6. The van der Waals surface area contributed by atoms with Crippen LogP contribution in [0.3, 0.4) is 0 Å². The Bertz CT molecular complexity index is 409. The molecule has 0 heterocycles. The minimum Gasteiger partial charge on any atom is -0.392 e. The van der Waals surface area contributed by atoms with Crippen molar-refractivity contribution in [2.24, 2.45) is 0 Å². The lowest BCUT2D eigenvalue weighted by Crippen LogP contribution is -2.19. The summed E-state index contributed by atoms with van der Waals surface area (Å²) in [5, 5.41) is 32.3. The number of nitrogens with zero attached hydrogens (tertiary/aromatic N) is 1. The number of hydrogen-bond acceptors (Lipinski definition) is 5. The van der Waals surface area contributed by atoms with Gasteiger partial charge in [0.2, 0.25) is 0 Å². The third-order valence-electron chi connectivity index (χ3n) is 2.59. The van der Waals surface area contributed by atoms with Crippen LogP contribution < -0.4 is 5.32 Å². The van der Waals surface area contributed by atoms with Crippen LogP contribution in [0.4, 0.5) is 11.4 Å². The number of hydrogen-bond donors (Lipinski definition) is 3. The summed E-state index contributed by atoms with van der Waals surface area (Å²) >= 11 is 0. The number of nitro benzene ring substituents is 1. The van der Waals surface area contributed by atoms with Crippen LogP contribution in [-0.4, -0.2) is 27.8 Å². The number of rotatable bonds is 7. The fraction of sp³-hybridized carbons (Fsp3) is 0.500. The molecular weight excluding hydrogens is 236 g/mol. The van der Waals surface area contributed by atoms with E-state index in [1.165, 1.54) is 18.2 Å². The first kappa shape index (κ1) is 14.4. The second kappa shape index (κ2) is 6.93. The molecule has 0 fully saturated rings. The highest BCUT2D eigenvalue weighted by Crippen LogP contribution is 2.25. The van der Waals surface area contributed by atoms with Crippen LogP contribution in [-0.2, 0) is 6.61 Å². The maximum Gasteiger partial charge on any atom is 0.292 e. The molecule has 100 valence electrons. The van der Waals surface area contributed by atoms with Crippen LogP contribution in [0.15, 0.2) is 18.2 Å². The standard InChI is InChI=1S/C12H18N2O4/c1-2-3-10(16)7-13-11-6-9(8-15)4-5-12(11)14(17)18/h4-6,10,13,15-16H,2-3,7-8H2,1H3. The summed E-state index contributed by atoms with van der Waals surface area (Å²) in [6.07, 6.45) is 0.953. The molecule has 18 heavy (non-hydrogen) atoms. The number of aliphatic hydroxyl groups excluding tert-OH is 2. The maximum absolute atomic E-state index is 10.8. The van der Waals surface area contributed by atoms with Gasteiger partial charge in [-0.05, 0) is 24.1 Å². The third kappa shape index (κ3) is 3.97. The van der Waals surface area contributed by atoms with Crippen LogP contribution in [0, 0.1) is 10.1 Å². The van der Waals surface area contributed by atoms with Crippen molar-refractivity contribution in [2.75, 3.05) is 11.9 Å². The molecule has 1 rings (SSSR count). The number of anilines is 1. The second-order valence-corrected chi connectivity index (χ2v) is 4.09. The highest BCUT2D eigenvalue weighted by molar-refractivity contribution is 5.62. The average Bonchev–Trinajstić information content (AvgIpc) is 2.36. The summed E-state index contributed by atoms with van der Waals surface area (Å²) in [5.74, 6) is 0. The molecule has 6 heteroatoms. The number of nitrogens with one attached hydrogen (secondary N) is 1. The molecule has 1 unspecified atom stereocenters. The number of aliphatic hydroxyl groups is 2. The van der Waals surface area contributed by atoms with E-state index in [1.54, 1.807) is 0 Å².